The van der Waals surface area contributed by atoms with Crippen molar-refractivity contribution in [1.82, 2.24) is 14.6 Å². The van der Waals surface area contributed by atoms with Gasteiger partial charge in [0.2, 0.25) is 5.78 Å². The Morgan fingerprint density at radius 2 is 2.18 bits per heavy atom. The van der Waals surface area contributed by atoms with Gasteiger partial charge in [-0.2, -0.15) is 0 Å². The van der Waals surface area contributed by atoms with Crippen LogP contribution in [0.1, 0.15) is 16.1 Å². The van der Waals surface area contributed by atoms with Crippen LogP contribution in [0.15, 0.2) is 41.9 Å². The lowest BCUT2D eigenvalue weighted by Crippen LogP contribution is -2.01. The minimum absolute atomic E-state index is 0.119. The van der Waals surface area contributed by atoms with Gasteiger partial charge in [-0.25, -0.2) is 0 Å². The second kappa shape index (κ2) is 4.03. The van der Waals surface area contributed by atoms with Crippen LogP contribution in [0, 0.1) is 0 Å². The molecule has 0 aliphatic rings. The van der Waals surface area contributed by atoms with Gasteiger partial charge in [-0.15, -0.1) is 5.10 Å². The Kier molecular flexibility index (Phi) is 2.38. The highest BCUT2D eigenvalue weighted by atomic mass is 32.1. The Balaban J connectivity index is 2.09. The van der Waals surface area contributed by atoms with Crippen molar-refractivity contribution in [1.29, 1.82) is 0 Å². The minimum Gasteiger partial charge on any atom is -0.287 e. The standard InChI is InChI=1S/C12H7N3OS/c16-12(11-7-17-15-14-11)9-4-3-8-2-1-5-13-10(8)6-9/h1-7H. The number of ketones is 1. The topological polar surface area (TPSA) is 55.7 Å². The van der Waals surface area contributed by atoms with E-state index in [2.05, 4.69) is 14.6 Å². The molecule has 3 rings (SSSR count). The van der Waals surface area contributed by atoms with Gasteiger partial charge in [0.25, 0.3) is 0 Å². The van der Waals surface area contributed by atoms with Gasteiger partial charge >= 0.3 is 0 Å². The van der Waals surface area contributed by atoms with Crippen molar-refractivity contribution in [2.24, 2.45) is 0 Å². The fraction of sp³-hybridized carbons (Fsp3) is 0. The molecule has 17 heavy (non-hydrogen) atoms. The highest BCUT2D eigenvalue weighted by Gasteiger charge is 2.12. The number of carbonyl (C=O) groups is 1. The van der Waals surface area contributed by atoms with Crippen molar-refractivity contribution >= 4 is 28.2 Å². The Bertz CT molecular complexity index is 679. The number of nitrogens with zero attached hydrogens (tertiary/aromatic N) is 3. The normalized spacial score (nSPS) is 10.6. The summed E-state index contributed by atoms with van der Waals surface area (Å²) in [7, 11) is 0. The quantitative estimate of drug-likeness (QED) is 0.646. The van der Waals surface area contributed by atoms with Crippen molar-refractivity contribution in [2.75, 3.05) is 0 Å². The molecule has 1 aromatic carbocycles. The summed E-state index contributed by atoms with van der Waals surface area (Å²) >= 11 is 1.17. The number of benzene rings is 1. The monoisotopic (exact) mass is 241 g/mol. The number of hydrogen-bond donors (Lipinski definition) is 0. The predicted molar refractivity (Wildman–Crippen MR) is 65.1 cm³/mol. The van der Waals surface area contributed by atoms with E-state index in [4.69, 9.17) is 0 Å². The van der Waals surface area contributed by atoms with E-state index in [-0.39, 0.29) is 5.78 Å². The van der Waals surface area contributed by atoms with Gasteiger partial charge in [-0.05, 0) is 23.7 Å². The number of aromatic nitrogens is 3. The lowest BCUT2D eigenvalue weighted by Gasteiger charge is -1.99. The smallest absolute Gasteiger partial charge is 0.214 e. The summed E-state index contributed by atoms with van der Waals surface area (Å²) in [5.74, 6) is -0.119. The average molecular weight is 241 g/mol. The fourth-order valence-electron chi connectivity index (χ4n) is 1.62. The molecule has 0 aliphatic heterocycles. The summed E-state index contributed by atoms with van der Waals surface area (Å²) in [6, 6.07) is 9.27. The van der Waals surface area contributed by atoms with Crippen LogP contribution in [0.5, 0.6) is 0 Å². The number of rotatable bonds is 2. The number of hydrogen-bond acceptors (Lipinski definition) is 5. The van der Waals surface area contributed by atoms with Crippen molar-refractivity contribution in [2.45, 2.75) is 0 Å². The maximum Gasteiger partial charge on any atom is 0.214 e. The summed E-state index contributed by atoms with van der Waals surface area (Å²) in [4.78, 5) is 16.2. The molecule has 0 bridgehead atoms. The molecule has 0 N–H and O–H groups in total. The number of pyridine rings is 1. The SMILES string of the molecule is O=C(c1ccc2cccnc2c1)c1csnn1. The number of fused-ring (bicyclic) bond motifs is 1. The summed E-state index contributed by atoms with van der Waals surface area (Å²) in [6.07, 6.45) is 1.71. The van der Waals surface area contributed by atoms with E-state index in [1.54, 1.807) is 23.7 Å². The van der Waals surface area contributed by atoms with Crippen LogP contribution in [0.25, 0.3) is 10.9 Å². The van der Waals surface area contributed by atoms with Crippen molar-refractivity contribution in [3.05, 3.63) is 53.2 Å². The molecule has 0 amide bonds. The van der Waals surface area contributed by atoms with Gasteiger partial charge < -0.3 is 0 Å². The summed E-state index contributed by atoms with van der Waals surface area (Å²) in [5.41, 5.74) is 1.77. The molecule has 0 aliphatic carbocycles. The molecule has 0 fully saturated rings. The van der Waals surface area contributed by atoms with Crippen molar-refractivity contribution < 1.29 is 4.79 Å². The van der Waals surface area contributed by atoms with Crippen LogP contribution in [-0.4, -0.2) is 20.4 Å². The first-order valence-corrected chi connectivity index (χ1v) is 5.85. The first-order valence-electron chi connectivity index (χ1n) is 5.01. The molecule has 0 radical (unpaired) electrons. The summed E-state index contributed by atoms with van der Waals surface area (Å²) in [6.45, 7) is 0. The van der Waals surface area contributed by atoms with E-state index in [1.165, 1.54) is 11.5 Å². The van der Waals surface area contributed by atoms with Gasteiger partial charge in [0.05, 0.1) is 5.52 Å². The zero-order valence-electron chi connectivity index (χ0n) is 8.70. The van der Waals surface area contributed by atoms with E-state index in [0.29, 0.717) is 11.3 Å². The Morgan fingerprint density at radius 1 is 1.24 bits per heavy atom. The van der Waals surface area contributed by atoms with Crippen LogP contribution in [0.2, 0.25) is 0 Å². The molecule has 3 aromatic rings. The van der Waals surface area contributed by atoms with Crippen molar-refractivity contribution in [3.8, 4) is 0 Å². The van der Waals surface area contributed by atoms with E-state index in [0.717, 1.165) is 10.9 Å². The first-order chi connectivity index (χ1) is 8.34. The average Bonchev–Trinajstić information content (AvgIpc) is 2.91. The predicted octanol–water partition coefficient (Wildman–Crippen LogP) is 2.32. The second-order valence-electron chi connectivity index (χ2n) is 3.53. The molecular formula is C12H7N3OS. The summed E-state index contributed by atoms with van der Waals surface area (Å²) < 4.78 is 3.69. The Hall–Kier alpha value is -2.14. The molecule has 2 aromatic heterocycles. The summed E-state index contributed by atoms with van der Waals surface area (Å²) in [5, 5.41) is 6.43. The number of carbonyl (C=O) groups excluding carboxylic acids is 1. The molecule has 0 saturated heterocycles. The molecule has 5 heteroatoms. The zero-order valence-corrected chi connectivity index (χ0v) is 9.52. The van der Waals surface area contributed by atoms with Crippen LogP contribution in [0.3, 0.4) is 0 Å². The van der Waals surface area contributed by atoms with E-state index in [1.807, 2.05) is 18.2 Å². The maximum atomic E-state index is 12.0. The van der Waals surface area contributed by atoms with Gasteiger partial charge in [0, 0.05) is 22.5 Å². The van der Waals surface area contributed by atoms with Crippen LogP contribution in [-0.2, 0) is 0 Å². The van der Waals surface area contributed by atoms with Crippen LogP contribution >= 0.6 is 11.5 Å². The van der Waals surface area contributed by atoms with Gasteiger partial charge in [-0.3, -0.25) is 9.78 Å². The molecule has 4 nitrogen and oxygen atoms in total. The molecule has 0 saturated carbocycles. The molecule has 0 unspecified atom stereocenters. The molecule has 82 valence electrons. The third-order valence-electron chi connectivity index (χ3n) is 2.46. The Labute approximate surface area is 101 Å². The van der Waals surface area contributed by atoms with E-state index < -0.39 is 0 Å². The highest BCUT2D eigenvalue weighted by Crippen LogP contribution is 2.15. The third-order valence-corrected chi connectivity index (χ3v) is 2.97. The van der Waals surface area contributed by atoms with E-state index in [9.17, 15) is 4.79 Å². The molecular weight excluding hydrogens is 234 g/mol. The van der Waals surface area contributed by atoms with Crippen molar-refractivity contribution in [3.63, 3.8) is 0 Å². The van der Waals surface area contributed by atoms with Crippen LogP contribution in [0.4, 0.5) is 0 Å². The first kappa shape index (κ1) is 10.0. The maximum absolute atomic E-state index is 12.0. The van der Waals surface area contributed by atoms with Gasteiger partial charge in [0.15, 0.2) is 0 Å². The largest absolute Gasteiger partial charge is 0.287 e. The fourth-order valence-corrected chi connectivity index (χ4v) is 2.06. The van der Waals surface area contributed by atoms with Gasteiger partial charge in [0.1, 0.15) is 5.69 Å². The lowest BCUT2D eigenvalue weighted by atomic mass is 10.1. The molecule has 2 heterocycles. The zero-order chi connectivity index (χ0) is 11.7. The van der Waals surface area contributed by atoms with E-state index >= 15 is 0 Å². The second-order valence-corrected chi connectivity index (χ2v) is 4.14. The third kappa shape index (κ3) is 1.81. The minimum atomic E-state index is -0.119. The Morgan fingerprint density at radius 3 is 3.00 bits per heavy atom. The highest BCUT2D eigenvalue weighted by molar-refractivity contribution is 7.03. The molecule has 0 spiro atoms. The lowest BCUT2D eigenvalue weighted by molar-refractivity contribution is 0.103. The molecule has 0 atom stereocenters. The van der Waals surface area contributed by atoms with Gasteiger partial charge in [-0.1, -0.05) is 22.7 Å². The van der Waals surface area contributed by atoms with Crippen LogP contribution < -0.4 is 0 Å².